The molecule has 0 saturated heterocycles. The summed E-state index contributed by atoms with van der Waals surface area (Å²) in [4.78, 5) is 16.2. The van der Waals surface area contributed by atoms with Crippen molar-refractivity contribution in [3.05, 3.63) is 52.0 Å². The highest BCUT2D eigenvalue weighted by atomic mass is 32.1. The van der Waals surface area contributed by atoms with Gasteiger partial charge in [-0.1, -0.05) is 30.3 Å². The van der Waals surface area contributed by atoms with Gasteiger partial charge in [0, 0.05) is 18.2 Å². The number of nitrogens with two attached hydrogens (primary N) is 1. The summed E-state index contributed by atoms with van der Waals surface area (Å²) in [5.41, 5.74) is 7.23. The van der Waals surface area contributed by atoms with Crippen LogP contribution in [0.25, 0.3) is 0 Å². The maximum Gasteiger partial charge on any atom is 0.182 e. The summed E-state index contributed by atoms with van der Waals surface area (Å²) in [6, 6.07) is 10.0. The molecule has 0 aliphatic heterocycles. The Kier molecular flexibility index (Phi) is 4.61. The fraction of sp³-hybridized carbons (Fsp3) is 0.286. The molecule has 0 radical (unpaired) electrons. The van der Waals surface area contributed by atoms with E-state index in [-0.39, 0.29) is 5.78 Å². The van der Waals surface area contributed by atoms with Crippen molar-refractivity contribution in [1.82, 2.24) is 4.98 Å². The lowest BCUT2D eigenvalue weighted by Crippen LogP contribution is -2.04. The smallest absolute Gasteiger partial charge is 0.182 e. The average Bonchev–Trinajstić information content (AvgIpc) is 2.86. The van der Waals surface area contributed by atoms with Gasteiger partial charge in [-0.15, -0.1) is 11.3 Å². The van der Waals surface area contributed by atoms with E-state index in [2.05, 4.69) is 4.98 Å². The lowest BCUT2D eigenvalue weighted by atomic mass is 10.1. The maximum absolute atomic E-state index is 11.9. The van der Waals surface area contributed by atoms with Crippen molar-refractivity contribution in [2.45, 2.75) is 19.3 Å². The van der Waals surface area contributed by atoms with Gasteiger partial charge in [-0.2, -0.15) is 0 Å². The number of ketones is 1. The van der Waals surface area contributed by atoms with Crippen LogP contribution in [-0.4, -0.2) is 17.3 Å². The standard InChI is InChI=1S/C14H16N2OS/c15-9-8-14-16-12(10-18-14)13(17)7-6-11-4-2-1-3-5-11/h1-5,10H,6-9,15H2. The van der Waals surface area contributed by atoms with Gasteiger partial charge in [-0.3, -0.25) is 4.79 Å². The highest BCUT2D eigenvalue weighted by Gasteiger charge is 2.10. The molecule has 0 aliphatic rings. The first-order valence-corrected chi connectivity index (χ1v) is 6.89. The van der Waals surface area contributed by atoms with Crippen LogP contribution in [0.1, 0.15) is 27.5 Å². The molecule has 0 unspecified atom stereocenters. The molecule has 4 heteroatoms. The van der Waals surface area contributed by atoms with Gasteiger partial charge in [0.25, 0.3) is 0 Å². The Balaban J connectivity index is 1.91. The molecule has 0 spiro atoms. The summed E-state index contributed by atoms with van der Waals surface area (Å²) >= 11 is 1.51. The molecule has 1 aromatic carbocycles. The normalized spacial score (nSPS) is 10.5. The van der Waals surface area contributed by atoms with Crippen LogP contribution in [-0.2, 0) is 12.8 Å². The van der Waals surface area contributed by atoms with Gasteiger partial charge in [-0.25, -0.2) is 4.98 Å². The van der Waals surface area contributed by atoms with Crippen LogP contribution in [0.15, 0.2) is 35.7 Å². The van der Waals surface area contributed by atoms with E-state index < -0.39 is 0 Å². The van der Waals surface area contributed by atoms with Gasteiger partial charge in [0.2, 0.25) is 0 Å². The number of thiazole rings is 1. The van der Waals surface area contributed by atoms with Crippen molar-refractivity contribution in [1.29, 1.82) is 0 Å². The van der Waals surface area contributed by atoms with E-state index in [0.29, 0.717) is 18.7 Å². The van der Waals surface area contributed by atoms with Crippen LogP contribution < -0.4 is 5.73 Å². The number of carbonyl (C=O) groups is 1. The number of hydrogen-bond donors (Lipinski definition) is 1. The maximum atomic E-state index is 11.9. The number of aryl methyl sites for hydroxylation is 1. The summed E-state index contributed by atoms with van der Waals surface area (Å²) in [6.07, 6.45) is 2.02. The predicted molar refractivity (Wildman–Crippen MR) is 74.0 cm³/mol. The second kappa shape index (κ2) is 6.42. The van der Waals surface area contributed by atoms with Crippen LogP contribution in [0.3, 0.4) is 0 Å². The fourth-order valence-electron chi connectivity index (χ4n) is 1.71. The summed E-state index contributed by atoms with van der Waals surface area (Å²) in [5.74, 6) is 0.110. The fourth-order valence-corrected chi connectivity index (χ4v) is 2.53. The summed E-state index contributed by atoms with van der Waals surface area (Å²) in [7, 11) is 0. The Morgan fingerprint density at radius 3 is 2.72 bits per heavy atom. The first kappa shape index (κ1) is 12.9. The van der Waals surface area contributed by atoms with Crippen LogP contribution in [0.4, 0.5) is 0 Å². The quantitative estimate of drug-likeness (QED) is 0.812. The third-order valence-corrected chi connectivity index (χ3v) is 3.59. The topological polar surface area (TPSA) is 56.0 Å². The Morgan fingerprint density at radius 1 is 1.22 bits per heavy atom. The van der Waals surface area contributed by atoms with Crippen LogP contribution in [0.5, 0.6) is 0 Å². The lowest BCUT2D eigenvalue weighted by molar-refractivity contribution is 0.0978. The summed E-state index contributed by atoms with van der Waals surface area (Å²) in [5, 5.41) is 2.78. The van der Waals surface area contributed by atoms with E-state index >= 15 is 0 Å². The molecule has 3 nitrogen and oxygen atoms in total. The molecular formula is C14H16N2OS. The Morgan fingerprint density at radius 2 is 2.00 bits per heavy atom. The molecule has 94 valence electrons. The van der Waals surface area contributed by atoms with Crippen molar-refractivity contribution in [2.24, 2.45) is 5.73 Å². The highest BCUT2D eigenvalue weighted by molar-refractivity contribution is 7.09. The molecule has 2 N–H and O–H groups in total. The van der Waals surface area contributed by atoms with Crippen LogP contribution in [0, 0.1) is 0 Å². The molecule has 0 aliphatic carbocycles. The highest BCUT2D eigenvalue weighted by Crippen LogP contribution is 2.13. The average molecular weight is 260 g/mol. The molecule has 0 saturated carbocycles. The Hall–Kier alpha value is -1.52. The van der Waals surface area contributed by atoms with Crippen molar-refractivity contribution in [3.63, 3.8) is 0 Å². The summed E-state index contributed by atoms with van der Waals surface area (Å²) < 4.78 is 0. The number of hydrogen-bond acceptors (Lipinski definition) is 4. The molecule has 0 atom stereocenters. The molecule has 2 rings (SSSR count). The minimum atomic E-state index is 0.110. The predicted octanol–water partition coefficient (Wildman–Crippen LogP) is 2.46. The van der Waals surface area contributed by atoms with Crippen molar-refractivity contribution >= 4 is 17.1 Å². The molecular weight excluding hydrogens is 244 g/mol. The monoisotopic (exact) mass is 260 g/mol. The third-order valence-electron chi connectivity index (χ3n) is 2.68. The van der Waals surface area contributed by atoms with E-state index in [1.165, 1.54) is 16.9 Å². The molecule has 1 heterocycles. The number of benzene rings is 1. The van der Waals surface area contributed by atoms with Crippen LogP contribution in [0.2, 0.25) is 0 Å². The van der Waals surface area contributed by atoms with Crippen molar-refractivity contribution in [3.8, 4) is 0 Å². The van der Waals surface area contributed by atoms with Gasteiger partial charge in [0.1, 0.15) is 5.69 Å². The van der Waals surface area contributed by atoms with E-state index in [0.717, 1.165) is 17.8 Å². The molecule has 2 aromatic rings. The molecule has 0 amide bonds. The lowest BCUT2D eigenvalue weighted by Gasteiger charge is -1.99. The molecule has 1 aromatic heterocycles. The molecule has 18 heavy (non-hydrogen) atoms. The minimum Gasteiger partial charge on any atom is -0.330 e. The zero-order chi connectivity index (χ0) is 12.8. The second-order valence-corrected chi connectivity index (χ2v) is 5.02. The van der Waals surface area contributed by atoms with E-state index in [4.69, 9.17) is 5.73 Å². The van der Waals surface area contributed by atoms with Gasteiger partial charge < -0.3 is 5.73 Å². The zero-order valence-electron chi connectivity index (χ0n) is 10.1. The largest absolute Gasteiger partial charge is 0.330 e. The number of rotatable bonds is 6. The van der Waals surface area contributed by atoms with E-state index in [1.54, 1.807) is 0 Å². The minimum absolute atomic E-state index is 0.110. The first-order chi connectivity index (χ1) is 8.79. The van der Waals surface area contributed by atoms with Gasteiger partial charge in [0.05, 0.1) is 5.01 Å². The zero-order valence-corrected chi connectivity index (χ0v) is 11.0. The molecule has 0 fully saturated rings. The van der Waals surface area contributed by atoms with E-state index in [9.17, 15) is 4.79 Å². The second-order valence-electron chi connectivity index (χ2n) is 4.07. The first-order valence-electron chi connectivity index (χ1n) is 6.01. The summed E-state index contributed by atoms with van der Waals surface area (Å²) in [6.45, 7) is 0.575. The number of carbonyl (C=O) groups excluding carboxylic acids is 1. The van der Waals surface area contributed by atoms with Gasteiger partial charge in [-0.05, 0) is 18.5 Å². The number of nitrogens with zero attached hydrogens (tertiary/aromatic N) is 1. The number of Topliss-reactive ketones (excluding diaryl/α,β-unsaturated/α-hetero) is 1. The van der Waals surface area contributed by atoms with Crippen molar-refractivity contribution in [2.75, 3.05) is 6.54 Å². The van der Waals surface area contributed by atoms with Crippen molar-refractivity contribution < 1.29 is 4.79 Å². The van der Waals surface area contributed by atoms with Gasteiger partial charge >= 0.3 is 0 Å². The Bertz CT molecular complexity index is 508. The van der Waals surface area contributed by atoms with Gasteiger partial charge in [0.15, 0.2) is 5.78 Å². The Labute approximate surface area is 111 Å². The SMILES string of the molecule is NCCc1nc(C(=O)CCc2ccccc2)cs1. The number of aromatic nitrogens is 1. The third kappa shape index (κ3) is 3.48. The van der Waals surface area contributed by atoms with E-state index in [1.807, 2.05) is 35.7 Å². The van der Waals surface area contributed by atoms with Crippen LogP contribution >= 0.6 is 11.3 Å². The molecule has 0 bridgehead atoms.